The van der Waals surface area contributed by atoms with Gasteiger partial charge in [0.2, 0.25) is 0 Å². The minimum Gasteiger partial charge on any atom is -0.310 e. The van der Waals surface area contributed by atoms with Crippen LogP contribution in [0.1, 0.15) is 25.3 Å². The maximum Gasteiger partial charge on any atom is 0.0208 e. The van der Waals surface area contributed by atoms with Gasteiger partial charge in [-0.1, -0.05) is 42.5 Å². The smallest absolute Gasteiger partial charge is 0.0208 e. The average molecular weight is 227 g/mol. The Balaban J connectivity index is 1.54. The quantitative estimate of drug-likeness (QED) is 0.778. The van der Waals surface area contributed by atoms with Crippen molar-refractivity contribution < 1.29 is 0 Å². The van der Waals surface area contributed by atoms with Crippen LogP contribution in [-0.2, 0) is 6.54 Å². The van der Waals surface area contributed by atoms with Gasteiger partial charge in [0.25, 0.3) is 0 Å². The molecule has 0 saturated heterocycles. The maximum absolute atomic E-state index is 3.69. The lowest BCUT2D eigenvalue weighted by atomic mass is 9.87. The van der Waals surface area contributed by atoms with Crippen LogP contribution in [-0.4, -0.2) is 6.04 Å². The number of benzene rings is 1. The van der Waals surface area contributed by atoms with Crippen LogP contribution in [0.25, 0.3) is 0 Å². The van der Waals surface area contributed by atoms with Crippen molar-refractivity contribution in [2.45, 2.75) is 32.4 Å². The number of hydrogen-bond donors (Lipinski definition) is 1. The van der Waals surface area contributed by atoms with E-state index in [-0.39, 0.29) is 0 Å². The highest BCUT2D eigenvalue weighted by atomic mass is 14.9. The summed E-state index contributed by atoms with van der Waals surface area (Å²) < 4.78 is 0. The second kappa shape index (κ2) is 4.66. The first kappa shape index (κ1) is 11.0. The van der Waals surface area contributed by atoms with Gasteiger partial charge in [-0.25, -0.2) is 0 Å². The van der Waals surface area contributed by atoms with E-state index in [1.807, 2.05) is 0 Å². The van der Waals surface area contributed by atoms with Gasteiger partial charge in [-0.3, -0.25) is 0 Å². The zero-order valence-corrected chi connectivity index (χ0v) is 10.5. The van der Waals surface area contributed by atoms with Gasteiger partial charge in [-0.05, 0) is 43.1 Å². The Labute approximate surface area is 104 Å². The summed E-state index contributed by atoms with van der Waals surface area (Å²) in [5, 5.41) is 3.69. The van der Waals surface area contributed by atoms with E-state index in [9.17, 15) is 0 Å². The predicted molar refractivity (Wildman–Crippen MR) is 71.6 cm³/mol. The molecular formula is C16H21N. The molecule has 2 aliphatic carbocycles. The number of fused-ring (bicyclic) bond motifs is 2. The first-order chi connectivity index (χ1) is 8.33. The molecule has 0 radical (unpaired) electrons. The molecule has 0 heterocycles. The summed E-state index contributed by atoms with van der Waals surface area (Å²) in [5.41, 5.74) is 1.39. The molecule has 90 valence electrons. The van der Waals surface area contributed by atoms with E-state index in [0.29, 0.717) is 6.04 Å². The largest absolute Gasteiger partial charge is 0.310 e. The zero-order chi connectivity index (χ0) is 11.7. The summed E-state index contributed by atoms with van der Waals surface area (Å²) in [7, 11) is 0. The van der Waals surface area contributed by atoms with Crippen molar-refractivity contribution in [2.24, 2.45) is 17.8 Å². The van der Waals surface area contributed by atoms with Crippen molar-refractivity contribution in [3.63, 3.8) is 0 Å². The monoisotopic (exact) mass is 227 g/mol. The van der Waals surface area contributed by atoms with Gasteiger partial charge in [0.1, 0.15) is 0 Å². The van der Waals surface area contributed by atoms with Gasteiger partial charge in [0.05, 0.1) is 0 Å². The van der Waals surface area contributed by atoms with Crippen molar-refractivity contribution in [2.75, 3.05) is 0 Å². The van der Waals surface area contributed by atoms with E-state index in [4.69, 9.17) is 0 Å². The van der Waals surface area contributed by atoms with Gasteiger partial charge in [0, 0.05) is 12.6 Å². The van der Waals surface area contributed by atoms with Crippen molar-refractivity contribution in [1.82, 2.24) is 5.32 Å². The molecule has 0 spiro atoms. The summed E-state index contributed by atoms with van der Waals surface area (Å²) >= 11 is 0. The van der Waals surface area contributed by atoms with Crippen LogP contribution in [0.2, 0.25) is 0 Å². The topological polar surface area (TPSA) is 12.0 Å². The van der Waals surface area contributed by atoms with Gasteiger partial charge < -0.3 is 5.32 Å². The second-order valence-electron chi connectivity index (χ2n) is 5.60. The molecule has 1 saturated carbocycles. The van der Waals surface area contributed by atoms with E-state index >= 15 is 0 Å². The Morgan fingerprint density at radius 2 is 2.00 bits per heavy atom. The molecule has 0 aliphatic heterocycles. The Hall–Kier alpha value is -1.08. The van der Waals surface area contributed by atoms with E-state index in [0.717, 1.165) is 24.3 Å². The van der Waals surface area contributed by atoms with Gasteiger partial charge in [-0.15, -0.1) is 0 Å². The van der Waals surface area contributed by atoms with Crippen LogP contribution in [0.5, 0.6) is 0 Å². The summed E-state index contributed by atoms with van der Waals surface area (Å²) in [4.78, 5) is 0. The van der Waals surface area contributed by atoms with Gasteiger partial charge >= 0.3 is 0 Å². The number of rotatable bonds is 4. The third-order valence-electron chi connectivity index (χ3n) is 4.44. The molecule has 2 aliphatic rings. The molecule has 17 heavy (non-hydrogen) atoms. The van der Waals surface area contributed by atoms with Crippen molar-refractivity contribution in [3.05, 3.63) is 48.0 Å². The third-order valence-corrected chi connectivity index (χ3v) is 4.44. The standard InChI is InChI=1S/C16H21N/c1-12(16-10-14-7-8-15(16)9-14)17-11-13-5-3-2-4-6-13/h2-8,12,14-17H,9-11H2,1H3/t12?,14-,15+,16?/m0/s1. The molecule has 2 bridgehead atoms. The molecular weight excluding hydrogens is 206 g/mol. The van der Waals surface area contributed by atoms with E-state index in [1.165, 1.54) is 18.4 Å². The lowest BCUT2D eigenvalue weighted by Gasteiger charge is -2.26. The Bertz CT molecular complexity index is 395. The van der Waals surface area contributed by atoms with E-state index in [1.54, 1.807) is 0 Å². The first-order valence-corrected chi connectivity index (χ1v) is 6.78. The first-order valence-electron chi connectivity index (χ1n) is 6.78. The summed E-state index contributed by atoms with van der Waals surface area (Å²) in [5.74, 6) is 2.58. The minimum absolute atomic E-state index is 0.634. The third kappa shape index (κ3) is 2.30. The van der Waals surface area contributed by atoms with Crippen molar-refractivity contribution >= 4 is 0 Å². The van der Waals surface area contributed by atoms with Crippen LogP contribution in [0.4, 0.5) is 0 Å². The Morgan fingerprint density at radius 1 is 1.18 bits per heavy atom. The fourth-order valence-electron chi connectivity index (χ4n) is 3.42. The maximum atomic E-state index is 3.69. The van der Waals surface area contributed by atoms with Gasteiger partial charge in [0.15, 0.2) is 0 Å². The molecule has 1 fully saturated rings. The number of hydrogen-bond acceptors (Lipinski definition) is 1. The molecule has 1 heteroatoms. The fraction of sp³-hybridized carbons (Fsp3) is 0.500. The molecule has 1 aromatic carbocycles. The summed E-state index contributed by atoms with van der Waals surface area (Å²) in [6.45, 7) is 3.35. The second-order valence-corrected chi connectivity index (χ2v) is 5.60. The summed E-state index contributed by atoms with van der Waals surface area (Å²) in [6.07, 6.45) is 7.66. The van der Waals surface area contributed by atoms with Crippen LogP contribution < -0.4 is 5.32 Å². The average Bonchev–Trinajstić information content (AvgIpc) is 2.99. The molecule has 1 aromatic rings. The molecule has 1 nitrogen and oxygen atoms in total. The van der Waals surface area contributed by atoms with Crippen LogP contribution >= 0.6 is 0 Å². The van der Waals surface area contributed by atoms with Gasteiger partial charge in [-0.2, -0.15) is 0 Å². The van der Waals surface area contributed by atoms with Crippen molar-refractivity contribution in [1.29, 1.82) is 0 Å². The predicted octanol–water partition coefficient (Wildman–Crippen LogP) is 3.38. The van der Waals surface area contributed by atoms with Crippen LogP contribution in [0, 0.1) is 17.8 Å². The number of allylic oxidation sites excluding steroid dienone is 2. The fourth-order valence-corrected chi connectivity index (χ4v) is 3.42. The van der Waals surface area contributed by atoms with E-state index in [2.05, 4.69) is 54.7 Å². The SMILES string of the molecule is CC(NCc1ccccc1)C1C[C@H]2C=C[C@@H]1C2. The molecule has 2 unspecified atom stereocenters. The molecule has 3 rings (SSSR count). The normalized spacial score (nSPS) is 31.9. The minimum atomic E-state index is 0.634. The lowest BCUT2D eigenvalue weighted by Crippen LogP contribution is -2.35. The highest BCUT2D eigenvalue weighted by Gasteiger charge is 2.38. The molecule has 1 N–H and O–H groups in total. The highest BCUT2D eigenvalue weighted by molar-refractivity contribution is 5.15. The molecule has 4 atom stereocenters. The van der Waals surface area contributed by atoms with Crippen molar-refractivity contribution in [3.8, 4) is 0 Å². The summed E-state index contributed by atoms with van der Waals surface area (Å²) in [6, 6.07) is 11.3. The molecule has 0 amide bonds. The zero-order valence-electron chi connectivity index (χ0n) is 10.5. The Morgan fingerprint density at radius 3 is 2.65 bits per heavy atom. The lowest BCUT2D eigenvalue weighted by molar-refractivity contribution is 0.326. The molecule has 0 aromatic heterocycles. The van der Waals surface area contributed by atoms with Crippen LogP contribution in [0.15, 0.2) is 42.5 Å². The highest BCUT2D eigenvalue weighted by Crippen LogP contribution is 2.44. The number of nitrogens with one attached hydrogen (secondary N) is 1. The van der Waals surface area contributed by atoms with E-state index < -0.39 is 0 Å². The Kier molecular flexibility index (Phi) is 3.02. The van der Waals surface area contributed by atoms with Crippen LogP contribution in [0.3, 0.4) is 0 Å².